The zero-order chi connectivity index (χ0) is 12.4. The third-order valence-corrected chi connectivity index (χ3v) is 2.83. The summed E-state index contributed by atoms with van der Waals surface area (Å²) in [5.41, 5.74) is 6.07. The summed E-state index contributed by atoms with van der Waals surface area (Å²) in [5.74, 6) is 0. The van der Waals surface area contributed by atoms with Crippen LogP contribution in [-0.4, -0.2) is 9.78 Å². The Hall–Kier alpha value is -2.08. The van der Waals surface area contributed by atoms with E-state index >= 15 is 0 Å². The monoisotopic (exact) mass is 225 g/mol. The summed E-state index contributed by atoms with van der Waals surface area (Å²) in [4.78, 5) is 0. The minimum Gasteiger partial charge on any atom is -0.258 e. The number of hydrogen-bond acceptors (Lipinski definition) is 2. The van der Waals surface area contributed by atoms with Gasteiger partial charge in [-0.3, -0.25) is 4.68 Å². The van der Waals surface area contributed by atoms with Crippen LogP contribution in [0.1, 0.15) is 16.7 Å². The quantitative estimate of drug-likeness (QED) is 0.788. The van der Waals surface area contributed by atoms with E-state index in [1.54, 1.807) is 4.68 Å². The molecular weight excluding hydrogens is 210 g/mol. The van der Waals surface area contributed by atoms with Crippen LogP contribution in [0.5, 0.6) is 0 Å². The fraction of sp³-hybridized carbons (Fsp3) is 0.286. The van der Waals surface area contributed by atoms with E-state index in [2.05, 4.69) is 44.1 Å². The number of nitriles is 1. The Morgan fingerprint density at radius 1 is 1.24 bits per heavy atom. The Labute approximate surface area is 101 Å². The molecule has 0 amide bonds. The predicted octanol–water partition coefficient (Wildman–Crippen LogP) is 3.00. The third kappa shape index (κ3) is 2.21. The first-order valence-corrected chi connectivity index (χ1v) is 5.59. The van der Waals surface area contributed by atoms with Gasteiger partial charge in [0.15, 0.2) is 0 Å². The number of aromatic nitrogens is 2. The summed E-state index contributed by atoms with van der Waals surface area (Å²) < 4.78 is 1.66. The van der Waals surface area contributed by atoms with Crippen LogP contribution in [0.25, 0.3) is 11.1 Å². The molecule has 2 rings (SSSR count). The fourth-order valence-electron chi connectivity index (χ4n) is 2.29. The Balaban J connectivity index is 2.49. The molecule has 0 saturated heterocycles. The third-order valence-electron chi connectivity index (χ3n) is 2.83. The van der Waals surface area contributed by atoms with Crippen molar-refractivity contribution < 1.29 is 0 Å². The van der Waals surface area contributed by atoms with E-state index in [1.807, 2.05) is 12.4 Å². The number of benzene rings is 1. The van der Waals surface area contributed by atoms with E-state index in [0.717, 1.165) is 5.56 Å². The lowest BCUT2D eigenvalue weighted by Gasteiger charge is -2.09. The van der Waals surface area contributed by atoms with Crippen molar-refractivity contribution >= 4 is 0 Å². The molecule has 0 aliphatic rings. The molecule has 1 aromatic carbocycles. The molecule has 2 aromatic rings. The lowest BCUT2D eigenvalue weighted by atomic mass is 9.96. The van der Waals surface area contributed by atoms with Gasteiger partial charge in [0.05, 0.1) is 12.3 Å². The normalized spacial score (nSPS) is 10.2. The number of aryl methyl sites for hydroxylation is 3. The molecule has 0 aliphatic carbocycles. The van der Waals surface area contributed by atoms with Gasteiger partial charge in [-0.05, 0) is 37.5 Å². The van der Waals surface area contributed by atoms with Gasteiger partial charge in [-0.15, -0.1) is 0 Å². The van der Waals surface area contributed by atoms with Crippen LogP contribution in [-0.2, 0) is 6.54 Å². The molecule has 3 nitrogen and oxygen atoms in total. The van der Waals surface area contributed by atoms with Gasteiger partial charge in [0.2, 0.25) is 0 Å². The first-order valence-electron chi connectivity index (χ1n) is 5.59. The molecule has 0 N–H and O–H groups in total. The molecule has 86 valence electrons. The second-order valence-electron chi connectivity index (χ2n) is 4.36. The Bertz CT molecular complexity index is 565. The van der Waals surface area contributed by atoms with Gasteiger partial charge in [0, 0.05) is 11.8 Å². The molecule has 1 aromatic heterocycles. The average molecular weight is 225 g/mol. The minimum atomic E-state index is 0.296. The van der Waals surface area contributed by atoms with Gasteiger partial charge in [-0.2, -0.15) is 10.4 Å². The van der Waals surface area contributed by atoms with E-state index in [4.69, 9.17) is 5.26 Å². The van der Waals surface area contributed by atoms with Gasteiger partial charge < -0.3 is 0 Å². The van der Waals surface area contributed by atoms with Crippen molar-refractivity contribution in [3.8, 4) is 17.2 Å². The van der Waals surface area contributed by atoms with Gasteiger partial charge >= 0.3 is 0 Å². The molecule has 0 radical (unpaired) electrons. The van der Waals surface area contributed by atoms with E-state index < -0.39 is 0 Å². The first kappa shape index (κ1) is 11.4. The summed E-state index contributed by atoms with van der Waals surface area (Å²) >= 11 is 0. The molecule has 0 aliphatic heterocycles. The summed E-state index contributed by atoms with van der Waals surface area (Å²) in [6, 6.07) is 6.43. The maximum atomic E-state index is 8.63. The van der Waals surface area contributed by atoms with E-state index in [1.165, 1.54) is 22.3 Å². The molecule has 0 unspecified atom stereocenters. The van der Waals surface area contributed by atoms with Crippen molar-refractivity contribution in [2.24, 2.45) is 0 Å². The van der Waals surface area contributed by atoms with Crippen LogP contribution in [0.4, 0.5) is 0 Å². The molecule has 1 heterocycles. The molecule has 17 heavy (non-hydrogen) atoms. The zero-order valence-electron chi connectivity index (χ0n) is 10.4. The molecule has 0 bridgehead atoms. The highest BCUT2D eigenvalue weighted by molar-refractivity contribution is 5.70. The topological polar surface area (TPSA) is 41.6 Å². The van der Waals surface area contributed by atoms with Crippen LogP contribution < -0.4 is 0 Å². The summed E-state index contributed by atoms with van der Waals surface area (Å²) in [6.07, 6.45) is 3.75. The second kappa shape index (κ2) is 4.42. The second-order valence-corrected chi connectivity index (χ2v) is 4.36. The lowest BCUT2D eigenvalue weighted by Crippen LogP contribution is -1.94. The van der Waals surface area contributed by atoms with Crippen LogP contribution >= 0.6 is 0 Å². The van der Waals surface area contributed by atoms with Gasteiger partial charge in [-0.1, -0.05) is 17.7 Å². The number of rotatable bonds is 2. The Morgan fingerprint density at radius 2 is 1.88 bits per heavy atom. The number of hydrogen-bond donors (Lipinski definition) is 0. The largest absolute Gasteiger partial charge is 0.258 e. The molecule has 0 saturated carbocycles. The van der Waals surface area contributed by atoms with Crippen molar-refractivity contribution in [3.05, 3.63) is 41.2 Å². The average Bonchev–Trinajstić information content (AvgIpc) is 2.65. The van der Waals surface area contributed by atoms with E-state index in [0.29, 0.717) is 6.54 Å². The maximum absolute atomic E-state index is 8.63. The summed E-state index contributed by atoms with van der Waals surface area (Å²) in [7, 11) is 0. The van der Waals surface area contributed by atoms with Crippen LogP contribution in [0, 0.1) is 32.1 Å². The van der Waals surface area contributed by atoms with Gasteiger partial charge in [0.1, 0.15) is 6.54 Å². The van der Waals surface area contributed by atoms with Crippen molar-refractivity contribution in [2.75, 3.05) is 0 Å². The van der Waals surface area contributed by atoms with Crippen molar-refractivity contribution in [1.29, 1.82) is 5.26 Å². The SMILES string of the molecule is Cc1cc(C)c(-c2cnn(CC#N)c2)c(C)c1. The van der Waals surface area contributed by atoms with Crippen LogP contribution in [0.2, 0.25) is 0 Å². The lowest BCUT2D eigenvalue weighted by molar-refractivity contribution is 0.710. The molecule has 3 heteroatoms. The zero-order valence-corrected chi connectivity index (χ0v) is 10.4. The predicted molar refractivity (Wildman–Crippen MR) is 67.5 cm³/mol. The highest BCUT2D eigenvalue weighted by atomic mass is 15.3. The van der Waals surface area contributed by atoms with Crippen molar-refractivity contribution in [1.82, 2.24) is 9.78 Å². The summed E-state index contributed by atoms with van der Waals surface area (Å²) in [6.45, 7) is 6.61. The molecular formula is C14H15N3. The number of nitrogens with zero attached hydrogens (tertiary/aromatic N) is 3. The van der Waals surface area contributed by atoms with Crippen molar-refractivity contribution in [2.45, 2.75) is 27.3 Å². The van der Waals surface area contributed by atoms with E-state index in [9.17, 15) is 0 Å². The Kier molecular flexibility index (Phi) is 2.97. The molecule has 0 fully saturated rings. The first-order chi connectivity index (χ1) is 8.11. The van der Waals surface area contributed by atoms with Crippen LogP contribution in [0.15, 0.2) is 24.5 Å². The standard InChI is InChI=1S/C14H15N3/c1-10-6-11(2)14(12(3)7-10)13-8-16-17(9-13)5-4-15/h6-9H,5H2,1-3H3. The maximum Gasteiger partial charge on any atom is 0.128 e. The smallest absolute Gasteiger partial charge is 0.128 e. The van der Waals surface area contributed by atoms with Gasteiger partial charge in [0.25, 0.3) is 0 Å². The van der Waals surface area contributed by atoms with Crippen molar-refractivity contribution in [3.63, 3.8) is 0 Å². The molecule has 0 atom stereocenters. The highest BCUT2D eigenvalue weighted by Gasteiger charge is 2.08. The fourth-order valence-corrected chi connectivity index (χ4v) is 2.29. The summed E-state index contributed by atoms with van der Waals surface area (Å²) in [5, 5.41) is 12.8. The Morgan fingerprint density at radius 3 is 2.47 bits per heavy atom. The van der Waals surface area contributed by atoms with Crippen LogP contribution in [0.3, 0.4) is 0 Å². The molecule has 0 spiro atoms. The minimum absolute atomic E-state index is 0.296. The highest BCUT2D eigenvalue weighted by Crippen LogP contribution is 2.27. The van der Waals surface area contributed by atoms with Gasteiger partial charge in [-0.25, -0.2) is 0 Å². The van der Waals surface area contributed by atoms with E-state index in [-0.39, 0.29) is 0 Å².